The van der Waals surface area contributed by atoms with Gasteiger partial charge in [-0.2, -0.15) is 0 Å². The minimum atomic E-state index is -1.28. The highest BCUT2D eigenvalue weighted by Crippen LogP contribution is 2.35. The molecule has 0 saturated heterocycles. The molecule has 1 N–H and O–H groups in total. The van der Waals surface area contributed by atoms with E-state index < -0.39 is 17.4 Å². The van der Waals surface area contributed by atoms with Crippen LogP contribution in [0.2, 0.25) is 0 Å². The van der Waals surface area contributed by atoms with E-state index in [1.165, 1.54) is 7.11 Å². The molecule has 0 unspecified atom stereocenters. The molecular formula is C11H18O4. The number of ether oxygens (including phenoxy) is 1. The molecule has 1 aliphatic rings. The number of carboxylic acid groups (broad SMARTS) is 1. The second-order valence-electron chi connectivity index (χ2n) is 4.15. The second kappa shape index (κ2) is 5.14. The van der Waals surface area contributed by atoms with Crippen molar-refractivity contribution in [3.8, 4) is 0 Å². The van der Waals surface area contributed by atoms with E-state index in [1.807, 2.05) is 0 Å². The number of esters is 1. The van der Waals surface area contributed by atoms with E-state index in [0.29, 0.717) is 12.8 Å². The summed E-state index contributed by atoms with van der Waals surface area (Å²) in [5.74, 6) is -1.62. The average molecular weight is 214 g/mol. The number of carbonyl (C=O) groups excluding carboxylic acids is 1. The van der Waals surface area contributed by atoms with Gasteiger partial charge in [-0.1, -0.05) is 32.1 Å². The molecule has 0 bridgehead atoms. The Morgan fingerprint density at radius 3 is 1.93 bits per heavy atom. The van der Waals surface area contributed by atoms with Crippen LogP contribution < -0.4 is 0 Å². The molecule has 15 heavy (non-hydrogen) atoms. The SMILES string of the molecule is COC(=O)C1(C(=O)O)CCCCCCC1. The quantitative estimate of drug-likeness (QED) is 0.564. The van der Waals surface area contributed by atoms with E-state index in [-0.39, 0.29) is 0 Å². The number of aliphatic carboxylic acids is 1. The van der Waals surface area contributed by atoms with E-state index in [1.54, 1.807) is 0 Å². The molecule has 1 rings (SSSR count). The number of carbonyl (C=O) groups is 2. The highest BCUT2D eigenvalue weighted by Gasteiger charge is 2.46. The third-order valence-electron chi connectivity index (χ3n) is 3.19. The van der Waals surface area contributed by atoms with Gasteiger partial charge in [0.1, 0.15) is 0 Å². The van der Waals surface area contributed by atoms with E-state index in [9.17, 15) is 14.7 Å². The summed E-state index contributed by atoms with van der Waals surface area (Å²) in [6, 6.07) is 0. The number of methoxy groups -OCH3 is 1. The Kier molecular flexibility index (Phi) is 4.12. The van der Waals surface area contributed by atoms with E-state index in [2.05, 4.69) is 4.74 Å². The number of carboxylic acids is 1. The maximum absolute atomic E-state index is 11.6. The molecule has 1 fully saturated rings. The zero-order chi connectivity index (χ0) is 11.3. The third-order valence-corrected chi connectivity index (χ3v) is 3.19. The van der Waals surface area contributed by atoms with Crippen molar-refractivity contribution in [3.05, 3.63) is 0 Å². The van der Waals surface area contributed by atoms with Gasteiger partial charge < -0.3 is 9.84 Å². The summed E-state index contributed by atoms with van der Waals surface area (Å²) in [6.45, 7) is 0. The lowest BCUT2D eigenvalue weighted by molar-refractivity contribution is -0.168. The second-order valence-corrected chi connectivity index (χ2v) is 4.15. The van der Waals surface area contributed by atoms with Crippen molar-refractivity contribution in [1.29, 1.82) is 0 Å². The first kappa shape index (κ1) is 12.0. The van der Waals surface area contributed by atoms with Crippen molar-refractivity contribution in [1.82, 2.24) is 0 Å². The maximum atomic E-state index is 11.6. The molecule has 1 aliphatic carbocycles. The molecule has 86 valence electrons. The minimum Gasteiger partial charge on any atom is -0.480 e. The summed E-state index contributed by atoms with van der Waals surface area (Å²) in [4.78, 5) is 22.8. The first-order valence-electron chi connectivity index (χ1n) is 5.45. The molecule has 1 saturated carbocycles. The van der Waals surface area contributed by atoms with Gasteiger partial charge in [-0.15, -0.1) is 0 Å². The van der Waals surface area contributed by atoms with Crippen LogP contribution in [0.3, 0.4) is 0 Å². The van der Waals surface area contributed by atoms with Gasteiger partial charge in [0, 0.05) is 0 Å². The summed E-state index contributed by atoms with van der Waals surface area (Å²) in [7, 11) is 1.26. The van der Waals surface area contributed by atoms with Crippen molar-refractivity contribution < 1.29 is 19.4 Å². The fourth-order valence-electron chi connectivity index (χ4n) is 2.21. The van der Waals surface area contributed by atoms with Gasteiger partial charge in [0.2, 0.25) is 0 Å². The molecule has 0 atom stereocenters. The standard InChI is InChI=1S/C11H18O4/c1-15-10(14)11(9(12)13)7-5-3-2-4-6-8-11/h2-8H2,1H3,(H,12,13). The largest absolute Gasteiger partial charge is 0.480 e. The van der Waals surface area contributed by atoms with Gasteiger partial charge in [-0.05, 0) is 12.8 Å². The van der Waals surface area contributed by atoms with Gasteiger partial charge in [0.25, 0.3) is 0 Å². The number of hydrogen-bond donors (Lipinski definition) is 1. The van der Waals surface area contributed by atoms with Crippen molar-refractivity contribution in [3.63, 3.8) is 0 Å². The first-order valence-corrected chi connectivity index (χ1v) is 5.45. The van der Waals surface area contributed by atoms with Crippen LogP contribution in [0.4, 0.5) is 0 Å². The van der Waals surface area contributed by atoms with Gasteiger partial charge in [0.05, 0.1) is 7.11 Å². The topological polar surface area (TPSA) is 63.6 Å². The highest BCUT2D eigenvalue weighted by atomic mass is 16.5. The fraction of sp³-hybridized carbons (Fsp3) is 0.818. The van der Waals surface area contributed by atoms with Crippen molar-refractivity contribution in [2.45, 2.75) is 44.9 Å². The van der Waals surface area contributed by atoms with Gasteiger partial charge in [-0.25, -0.2) is 0 Å². The van der Waals surface area contributed by atoms with E-state index >= 15 is 0 Å². The summed E-state index contributed by atoms with van der Waals surface area (Å²) in [6.07, 6.45) is 5.56. The molecule has 4 nitrogen and oxygen atoms in total. The van der Waals surface area contributed by atoms with Crippen LogP contribution in [0.15, 0.2) is 0 Å². The number of hydrogen-bond acceptors (Lipinski definition) is 3. The maximum Gasteiger partial charge on any atom is 0.323 e. The Balaban J connectivity index is 2.85. The number of rotatable bonds is 2. The van der Waals surface area contributed by atoms with Gasteiger partial charge >= 0.3 is 11.9 Å². The molecule has 0 spiro atoms. The lowest BCUT2D eigenvalue weighted by Gasteiger charge is -2.28. The minimum absolute atomic E-state index is 0.412. The molecular weight excluding hydrogens is 196 g/mol. The van der Waals surface area contributed by atoms with Crippen LogP contribution >= 0.6 is 0 Å². The highest BCUT2D eigenvalue weighted by molar-refractivity contribution is 5.99. The zero-order valence-corrected chi connectivity index (χ0v) is 9.12. The Morgan fingerprint density at radius 2 is 1.53 bits per heavy atom. The van der Waals surface area contributed by atoms with E-state index in [4.69, 9.17) is 0 Å². The predicted octanol–water partition coefficient (Wildman–Crippen LogP) is 1.97. The lowest BCUT2D eigenvalue weighted by Crippen LogP contribution is -2.40. The van der Waals surface area contributed by atoms with Crippen molar-refractivity contribution in [2.75, 3.05) is 7.11 Å². The van der Waals surface area contributed by atoms with Crippen LogP contribution in [-0.4, -0.2) is 24.2 Å². The Hall–Kier alpha value is -1.06. The zero-order valence-electron chi connectivity index (χ0n) is 9.12. The van der Waals surface area contributed by atoms with Gasteiger partial charge in [0.15, 0.2) is 5.41 Å². The lowest BCUT2D eigenvalue weighted by atomic mass is 9.76. The Bertz CT molecular complexity index is 239. The fourth-order valence-corrected chi connectivity index (χ4v) is 2.21. The summed E-state index contributed by atoms with van der Waals surface area (Å²) in [5, 5.41) is 9.21. The molecule has 0 heterocycles. The van der Waals surface area contributed by atoms with Crippen molar-refractivity contribution in [2.24, 2.45) is 5.41 Å². The molecule has 0 aliphatic heterocycles. The third kappa shape index (κ3) is 2.49. The van der Waals surface area contributed by atoms with Gasteiger partial charge in [-0.3, -0.25) is 9.59 Å². The summed E-state index contributed by atoms with van der Waals surface area (Å²) < 4.78 is 4.63. The van der Waals surface area contributed by atoms with Crippen LogP contribution in [0.25, 0.3) is 0 Å². The van der Waals surface area contributed by atoms with Crippen LogP contribution in [0, 0.1) is 5.41 Å². The summed E-state index contributed by atoms with van der Waals surface area (Å²) >= 11 is 0. The van der Waals surface area contributed by atoms with Crippen LogP contribution in [0.5, 0.6) is 0 Å². The molecule has 0 radical (unpaired) electrons. The molecule has 0 amide bonds. The Morgan fingerprint density at radius 1 is 1.07 bits per heavy atom. The smallest absolute Gasteiger partial charge is 0.323 e. The van der Waals surface area contributed by atoms with Crippen LogP contribution in [0.1, 0.15) is 44.9 Å². The molecule has 0 aromatic heterocycles. The molecule has 0 aromatic carbocycles. The van der Waals surface area contributed by atoms with E-state index in [0.717, 1.165) is 32.1 Å². The first-order chi connectivity index (χ1) is 7.13. The predicted molar refractivity (Wildman–Crippen MR) is 54.4 cm³/mol. The molecule has 4 heteroatoms. The normalized spacial score (nSPS) is 21.1. The molecule has 0 aromatic rings. The Labute approximate surface area is 89.6 Å². The average Bonchev–Trinajstić information content (AvgIpc) is 2.16. The monoisotopic (exact) mass is 214 g/mol. The summed E-state index contributed by atoms with van der Waals surface area (Å²) in [5.41, 5.74) is -1.28. The van der Waals surface area contributed by atoms with Crippen molar-refractivity contribution >= 4 is 11.9 Å². The van der Waals surface area contributed by atoms with Crippen LogP contribution in [-0.2, 0) is 14.3 Å².